The van der Waals surface area contributed by atoms with Gasteiger partial charge in [0.05, 0.1) is 12.0 Å². The lowest BCUT2D eigenvalue weighted by molar-refractivity contribution is 0.169. The third-order valence-electron chi connectivity index (χ3n) is 1.91. The van der Waals surface area contributed by atoms with E-state index in [2.05, 4.69) is 20.7 Å². The quantitative estimate of drug-likeness (QED) is 0.822. The molecule has 1 aromatic rings. The third-order valence-corrected chi connectivity index (χ3v) is 4.05. The molecule has 2 N–H and O–H groups in total. The molecule has 1 amide bonds. The summed E-state index contributed by atoms with van der Waals surface area (Å²) in [6.45, 7) is 1.76. The number of rotatable bonds is 3. The zero-order chi connectivity index (χ0) is 13.1. The molecule has 17 heavy (non-hydrogen) atoms. The van der Waals surface area contributed by atoms with E-state index in [4.69, 9.17) is 0 Å². The summed E-state index contributed by atoms with van der Waals surface area (Å²) in [7, 11) is -2.66. The molecule has 0 aromatic heterocycles. The first-order chi connectivity index (χ1) is 7.86. The minimum absolute atomic E-state index is 0.0506. The van der Waals surface area contributed by atoms with Crippen molar-refractivity contribution in [2.24, 2.45) is 0 Å². The molecule has 0 saturated carbocycles. The number of carbonyl (C=O) groups excluding carboxylic acids is 1. The second kappa shape index (κ2) is 5.48. The molecular weight excluding hydrogens is 312 g/mol. The lowest BCUT2D eigenvalue weighted by Crippen LogP contribution is -2.41. The number of hydrazine groups is 1. The number of benzene rings is 1. The molecule has 0 heterocycles. The van der Waals surface area contributed by atoms with E-state index in [0.29, 0.717) is 0 Å². The maximum absolute atomic E-state index is 11.7. The smallest absolute Gasteiger partial charge is 0.422 e. The van der Waals surface area contributed by atoms with E-state index in [1.165, 1.54) is 12.1 Å². The van der Waals surface area contributed by atoms with Crippen molar-refractivity contribution >= 4 is 32.0 Å². The summed E-state index contributed by atoms with van der Waals surface area (Å²) in [5.41, 5.74) is 2.66. The number of nitrogens with one attached hydrogen (secondary N) is 2. The lowest BCUT2D eigenvalue weighted by Gasteiger charge is -2.08. The van der Waals surface area contributed by atoms with Gasteiger partial charge in [-0.2, -0.15) is 0 Å². The van der Waals surface area contributed by atoms with Gasteiger partial charge < -0.3 is 4.74 Å². The number of amides is 1. The van der Waals surface area contributed by atoms with Crippen LogP contribution in [0.2, 0.25) is 0 Å². The third kappa shape index (κ3) is 3.69. The van der Waals surface area contributed by atoms with Gasteiger partial charge in [0.25, 0.3) is 10.0 Å². The Morgan fingerprint density at radius 1 is 1.41 bits per heavy atom. The van der Waals surface area contributed by atoms with Gasteiger partial charge >= 0.3 is 6.09 Å². The van der Waals surface area contributed by atoms with Gasteiger partial charge in [-0.05, 0) is 30.7 Å². The molecule has 0 fully saturated rings. The van der Waals surface area contributed by atoms with Crippen LogP contribution in [0, 0.1) is 6.92 Å². The molecule has 6 nitrogen and oxygen atoms in total. The van der Waals surface area contributed by atoms with Crippen molar-refractivity contribution in [3.8, 4) is 0 Å². The molecule has 0 aliphatic carbocycles. The summed E-state index contributed by atoms with van der Waals surface area (Å²) in [5.74, 6) is 0. The second-order valence-corrected chi connectivity index (χ2v) is 5.67. The number of halogens is 1. The first-order valence-electron chi connectivity index (χ1n) is 4.49. The molecule has 0 atom stereocenters. The van der Waals surface area contributed by atoms with Gasteiger partial charge in [0.2, 0.25) is 0 Å². The Morgan fingerprint density at radius 3 is 2.59 bits per heavy atom. The van der Waals surface area contributed by atoms with Gasteiger partial charge in [-0.1, -0.05) is 15.9 Å². The molecule has 0 bridgehead atoms. The van der Waals surface area contributed by atoms with E-state index in [-0.39, 0.29) is 4.90 Å². The summed E-state index contributed by atoms with van der Waals surface area (Å²) in [4.78, 5) is 12.7. The van der Waals surface area contributed by atoms with E-state index < -0.39 is 16.1 Å². The minimum Gasteiger partial charge on any atom is -0.452 e. The van der Waals surface area contributed by atoms with Crippen molar-refractivity contribution in [2.75, 3.05) is 7.11 Å². The molecule has 0 aliphatic rings. The van der Waals surface area contributed by atoms with Crippen LogP contribution in [0.4, 0.5) is 4.79 Å². The number of hydrogen-bond donors (Lipinski definition) is 2. The summed E-state index contributed by atoms with van der Waals surface area (Å²) in [5, 5.41) is 0. The maximum atomic E-state index is 11.7. The number of ether oxygens (including phenoxy) is 1. The van der Waals surface area contributed by atoms with Gasteiger partial charge in [-0.3, -0.25) is 0 Å². The van der Waals surface area contributed by atoms with Crippen LogP contribution in [0.3, 0.4) is 0 Å². The number of aryl methyl sites for hydroxylation is 1. The van der Waals surface area contributed by atoms with Gasteiger partial charge in [0, 0.05) is 4.47 Å². The molecule has 1 aromatic carbocycles. The fourth-order valence-corrected chi connectivity index (χ4v) is 2.16. The molecule has 0 spiro atoms. The second-order valence-electron chi connectivity index (χ2n) is 3.13. The van der Waals surface area contributed by atoms with Crippen molar-refractivity contribution in [1.82, 2.24) is 10.3 Å². The SMILES string of the molecule is COC(=O)NNS(=O)(=O)c1ccc(Br)c(C)c1. The fraction of sp³-hybridized carbons (Fsp3) is 0.222. The molecule has 0 radical (unpaired) electrons. The standard InChI is InChI=1S/C9H11BrN2O4S/c1-6-5-7(3-4-8(6)10)17(14,15)12-11-9(13)16-2/h3-5,12H,1-2H3,(H,11,13). The van der Waals surface area contributed by atoms with Crippen molar-refractivity contribution < 1.29 is 17.9 Å². The van der Waals surface area contributed by atoms with Crippen LogP contribution in [0.15, 0.2) is 27.6 Å². The number of sulfonamides is 1. The molecule has 0 unspecified atom stereocenters. The Kier molecular flexibility index (Phi) is 4.49. The van der Waals surface area contributed by atoms with Gasteiger partial charge in [0.1, 0.15) is 0 Å². The Morgan fingerprint density at radius 2 is 2.06 bits per heavy atom. The van der Waals surface area contributed by atoms with Crippen molar-refractivity contribution in [3.05, 3.63) is 28.2 Å². The Hall–Kier alpha value is -1.12. The Bertz CT molecular complexity index is 530. The average molecular weight is 323 g/mol. The molecule has 0 aliphatic heterocycles. The van der Waals surface area contributed by atoms with Crippen molar-refractivity contribution in [1.29, 1.82) is 0 Å². The minimum atomic E-state index is -3.79. The van der Waals surface area contributed by atoms with Gasteiger partial charge in [-0.25, -0.2) is 18.6 Å². The highest BCUT2D eigenvalue weighted by Gasteiger charge is 2.15. The van der Waals surface area contributed by atoms with E-state index >= 15 is 0 Å². The lowest BCUT2D eigenvalue weighted by atomic mass is 10.2. The molecule has 94 valence electrons. The first kappa shape index (κ1) is 13.9. The summed E-state index contributed by atoms with van der Waals surface area (Å²) in [6.07, 6.45) is -0.887. The highest BCUT2D eigenvalue weighted by molar-refractivity contribution is 9.10. The average Bonchev–Trinajstić information content (AvgIpc) is 2.29. The van der Waals surface area contributed by atoms with Crippen LogP contribution in [-0.2, 0) is 14.8 Å². The molecule has 8 heteroatoms. The zero-order valence-electron chi connectivity index (χ0n) is 9.15. The van der Waals surface area contributed by atoms with Crippen LogP contribution in [0.1, 0.15) is 5.56 Å². The largest absolute Gasteiger partial charge is 0.452 e. The summed E-state index contributed by atoms with van der Waals surface area (Å²) in [6, 6.07) is 4.51. The number of methoxy groups -OCH3 is 1. The first-order valence-corrected chi connectivity index (χ1v) is 6.76. The molecular formula is C9H11BrN2O4S. The van der Waals surface area contributed by atoms with E-state index in [0.717, 1.165) is 17.1 Å². The summed E-state index contributed by atoms with van der Waals surface area (Å²) >= 11 is 3.26. The predicted octanol–water partition coefficient (Wildman–Crippen LogP) is 1.31. The van der Waals surface area contributed by atoms with Crippen molar-refractivity contribution in [3.63, 3.8) is 0 Å². The fourth-order valence-electron chi connectivity index (χ4n) is 1.00. The topological polar surface area (TPSA) is 84.5 Å². The molecule has 0 saturated heterocycles. The van der Waals surface area contributed by atoms with Crippen LogP contribution < -0.4 is 10.3 Å². The van der Waals surface area contributed by atoms with Crippen molar-refractivity contribution in [2.45, 2.75) is 11.8 Å². The summed E-state index contributed by atoms with van der Waals surface area (Å²) < 4.78 is 28.5. The monoisotopic (exact) mass is 322 g/mol. The highest BCUT2D eigenvalue weighted by Crippen LogP contribution is 2.19. The van der Waals surface area contributed by atoms with E-state index in [1.807, 2.05) is 10.3 Å². The Labute approximate surface area is 107 Å². The van der Waals surface area contributed by atoms with E-state index in [9.17, 15) is 13.2 Å². The van der Waals surface area contributed by atoms with Crippen LogP contribution in [0.25, 0.3) is 0 Å². The van der Waals surface area contributed by atoms with Crippen LogP contribution >= 0.6 is 15.9 Å². The number of hydrogen-bond acceptors (Lipinski definition) is 4. The Balaban J connectivity index is 2.90. The highest BCUT2D eigenvalue weighted by atomic mass is 79.9. The van der Waals surface area contributed by atoms with Gasteiger partial charge in [0.15, 0.2) is 0 Å². The zero-order valence-corrected chi connectivity index (χ0v) is 11.6. The van der Waals surface area contributed by atoms with E-state index in [1.54, 1.807) is 13.0 Å². The van der Waals surface area contributed by atoms with Gasteiger partial charge in [-0.15, -0.1) is 4.83 Å². The van der Waals surface area contributed by atoms with Crippen LogP contribution in [0.5, 0.6) is 0 Å². The maximum Gasteiger partial charge on any atom is 0.422 e. The number of carbonyl (C=O) groups is 1. The van der Waals surface area contributed by atoms with Crippen LogP contribution in [-0.4, -0.2) is 21.6 Å². The predicted molar refractivity (Wildman–Crippen MR) is 64.7 cm³/mol. The molecule has 1 rings (SSSR count). The normalized spacial score (nSPS) is 11.0.